The van der Waals surface area contributed by atoms with E-state index in [1.807, 2.05) is 42.6 Å². The fourth-order valence-electron chi connectivity index (χ4n) is 2.76. The first-order valence-corrected chi connectivity index (χ1v) is 7.88. The van der Waals surface area contributed by atoms with Gasteiger partial charge in [0.05, 0.1) is 29.4 Å². The molecular weight excluding hydrogens is 286 g/mol. The second kappa shape index (κ2) is 5.73. The van der Waals surface area contributed by atoms with Crippen LogP contribution in [0.15, 0.2) is 42.6 Å². The zero-order chi connectivity index (χ0) is 15.6. The molecule has 4 rings (SSSR count). The zero-order valence-electron chi connectivity index (χ0n) is 12.7. The molecule has 0 atom stereocenters. The van der Waals surface area contributed by atoms with Crippen LogP contribution in [0.4, 0.5) is 5.82 Å². The molecule has 3 aromatic rings. The van der Waals surface area contributed by atoms with Gasteiger partial charge in [-0.1, -0.05) is 18.2 Å². The Labute approximate surface area is 134 Å². The molecule has 0 saturated heterocycles. The van der Waals surface area contributed by atoms with Gasteiger partial charge in [0.1, 0.15) is 5.82 Å². The molecule has 0 aliphatic heterocycles. The first kappa shape index (κ1) is 13.8. The van der Waals surface area contributed by atoms with Crippen LogP contribution in [0.25, 0.3) is 10.9 Å². The number of anilines is 1. The van der Waals surface area contributed by atoms with Crippen LogP contribution in [0.3, 0.4) is 0 Å². The number of hydrogen-bond donors (Lipinski definition) is 1. The number of nitrogens with zero attached hydrogens (tertiary/aromatic N) is 4. The predicted octanol–water partition coefficient (Wildman–Crippen LogP) is 3.33. The highest BCUT2D eigenvalue weighted by Crippen LogP contribution is 2.30. The average molecular weight is 303 g/mol. The van der Waals surface area contributed by atoms with Crippen LogP contribution in [0.1, 0.15) is 24.1 Å². The highest BCUT2D eigenvalue weighted by Gasteiger charge is 2.22. The van der Waals surface area contributed by atoms with E-state index in [0.29, 0.717) is 12.1 Å². The first-order valence-electron chi connectivity index (χ1n) is 7.88. The maximum atomic E-state index is 9.34. The van der Waals surface area contributed by atoms with Crippen molar-refractivity contribution in [2.24, 2.45) is 5.92 Å². The van der Waals surface area contributed by atoms with Gasteiger partial charge in [-0.25, -0.2) is 4.98 Å². The van der Waals surface area contributed by atoms with Crippen LogP contribution in [0.5, 0.6) is 0 Å². The van der Waals surface area contributed by atoms with Gasteiger partial charge in [-0.15, -0.1) is 0 Å². The molecule has 1 aliphatic carbocycles. The topological polar surface area (TPSA) is 66.5 Å². The molecule has 114 valence electrons. The van der Waals surface area contributed by atoms with Gasteiger partial charge in [-0.2, -0.15) is 10.4 Å². The zero-order valence-corrected chi connectivity index (χ0v) is 12.7. The van der Waals surface area contributed by atoms with E-state index >= 15 is 0 Å². The maximum absolute atomic E-state index is 9.34. The highest BCUT2D eigenvalue weighted by atomic mass is 15.3. The number of pyridine rings is 1. The molecule has 2 heterocycles. The summed E-state index contributed by atoms with van der Waals surface area (Å²) in [5.41, 5.74) is 2.62. The largest absolute Gasteiger partial charge is 0.364 e. The van der Waals surface area contributed by atoms with Crippen molar-refractivity contribution in [1.29, 1.82) is 5.26 Å². The molecule has 1 saturated carbocycles. The Morgan fingerprint density at radius 1 is 1.26 bits per heavy atom. The highest BCUT2D eigenvalue weighted by molar-refractivity contribution is 5.86. The normalized spacial score (nSPS) is 13.9. The smallest absolute Gasteiger partial charge is 0.128 e. The third-order valence-corrected chi connectivity index (χ3v) is 4.22. The number of rotatable bonds is 5. The molecule has 2 aromatic heterocycles. The predicted molar refractivity (Wildman–Crippen MR) is 88.7 cm³/mol. The Bertz CT molecular complexity index is 886. The maximum Gasteiger partial charge on any atom is 0.128 e. The minimum absolute atomic E-state index is 0.643. The Morgan fingerprint density at radius 3 is 2.96 bits per heavy atom. The van der Waals surface area contributed by atoms with Gasteiger partial charge < -0.3 is 5.32 Å². The Kier molecular flexibility index (Phi) is 3.43. The van der Waals surface area contributed by atoms with Crippen LogP contribution in [0, 0.1) is 17.2 Å². The Balaban J connectivity index is 1.56. The van der Waals surface area contributed by atoms with Gasteiger partial charge in [0, 0.05) is 18.1 Å². The lowest BCUT2D eigenvalue weighted by molar-refractivity contribution is 0.543. The van der Waals surface area contributed by atoms with Crippen molar-refractivity contribution in [2.75, 3.05) is 5.32 Å². The van der Waals surface area contributed by atoms with Gasteiger partial charge in [0.15, 0.2) is 0 Å². The summed E-state index contributed by atoms with van der Waals surface area (Å²) in [4.78, 5) is 4.59. The fraction of sp³-hybridized carbons (Fsp3) is 0.278. The standard InChI is InChI=1S/C18H17N5/c19-10-14-9-18(22-17-4-2-1-3-16(14)17)20-11-15-7-8-21-23(15)12-13-5-6-13/h1-4,7-9,13H,5-6,11-12H2,(H,20,22). The molecule has 0 radical (unpaired) electrons. The van der Waals surface area contributed by atoms with Crippen molar-refractivity contribution in [1.82, 2.24) is 14.8 Å². The van der Waals surface area contributed by atoms with Gasteiger partial charge >= 0.3 is 0 Å². The summed E-state index contributed by atoms with van der Waals surface area (Å²) in [6, 6.07) is 13.8. The molecule has 5 heteroatoms. The van der Waals surface area contributed by atoms with E-state index in [-0.39, 0.29) is 0 Å². The van der Waals surface area contributed by atoms with Crippen molar-refractivity contribution in [3.63, 3.8) is 0 Å². The van der Waals surface area contributed by atoms with E-state index in [1.165, 1.54) is 12.8 Å². The van der Waals surface area contributed by atoms with E-state index in [9.17, 15) is 5.26 Å². The van der Waals surface area contributed by atoms with Crippen molar-refractivity contribution >= 4 is 16.7 Å². The van der Waals surface area contributed by atoms with Crippen LogP contribution in [-0.2, 0) is 13.1 Å². The van der Waals surface area contributed by atoms with Crippen molar-refractivity contribution in [2.45, 2.75) is 25.9 Å². The van der Waals surface area contributed by atoms with E-state index in [1.54, 1.807) is 0 Å². The molecule has 23 heavy (non-hydrogen) atoms. The number of nitrogens with one attached hydrogen (secondary N) is 1. The third-order valence-electron chi connectivity index (χ3n) is 4.22. The summed E-state index contributed by atoms with van der Waals surface area (Å²) in [7, 11) is 0. The molecule has 5 nitrogen and oxygen atoms in total. The van der Waals surface area contributed by atoms with Crippen molar-refractivity contribution in [3.05, 3.63) is 53.9 Å². The molecule has 0 amide bonds. The number of hydrogen-bond acceptors (Lipinski definition) is 4. The number of benzene rings is 1. The van der Waals surface area contributed by atoms with E-state index in [2.05, 4.69) is 26.2 Å². The van der Waals surface area contributed by atoms with E-state index < -0.39 is 0 Å². The van der Waals surface area contributed by atoms with Gasteiger partial charge in [0.25, 0.3) is 0 Å². The fourth-order valence-corrected chi connectivity index (χ4v) is 2.76. The third kappa shape index (κ3) is 2.88. The number of para-hydroxylation sites is 1. The first-order chi connectivity index (χ1) is 11.3. The summed E-state index contributed by atoms with van der Waals surface area (Å²) in [6.45, 7) is 1.65. The summed E-state index contributed by atoms with van der Waals surface area (Å²) in [6.07, 6.45) is 4.46. The summed E-state index contributed by atoms with van der Waals surface area (Å²) in [5.74, 6) is 1.51. The minimum atomic E-state index is 0.643. The van der Waals surface area contributed by atoms with Gasteiger partial charge in [0.2, 0.25) is 0 Å². The monoisotopic (exact) mass is 303 g/mol. The molecule has 1 fully saturated rings. The lowest BCUT2D eigenvalue weighted by Gasteiger charge is -2.10. The average Bonchev–Trinajstić information content (AvgIpc) is 3.29. The molecule has 1 N–H and O–H groups in total. The number of nitriles is 1. The van der Waals surface area contributed by atoms with Crippen LogP contribution < -0.4 is 5.32 Å². The Hall–Kier alpha value is -2.87. The van der Waals surface area contributed by atoms with Crippen molar-refractivity contribution < 1.29 is 0 Å². The Morgan fingerprint density at radius 2 is 2.13 bits per heavy atom. The quantitative estimate of drug-likeness (QED) is 0.785. The SMILES string of the molecule is N#Cc1cc(NCc2ccnn2CC2CC2)nc2ccccc12. The summed E-state index contributed by atoms with van der Waals surface area (Å²) in [5, 5.41) is 18.0. The molecule has 0 spiro atoms. The summed E-state index contributed by atoms with van der Waals surface area (Å²) >= 11 is 0. The van der Waals surface area contributed by atoms with Gasteiger partial charge in [-0.3, -0.25) is 4.68 Å². The number of aromatic nitrogens is 3. The molecule has 1 aromatic carbocycles. The second-order valence-electron chi connectivity index (χ2n) is 5.99. The van der Waals surface area contributed by atoms with Crippen LogP contribution >= 0.6 is 0 Å². The van der Waals surface area contributed by atoms with Gasteiger partial charge in [-0.05, 0) is 37.0 Å². The molecular formula is C18H17N5. The van der Waals surface area contributed by atoms with Crippen LogP contribution in [-0.4, -0.2) is 14.8 Å². The number of fused-ring (bicyclic) bond motifs is 1. The van der Waals surface area contributed by atoms with E-state index in [4.69, 9.17) is 0 Å². The van der Waals surface area contributed by atoms with Crippen LogP contribution in [0.2, 0.25) is 0 Å². The molecule has 1 aliphatic rings. The second-order valence-corrected chi connectivity index (χ2v) is 5.99. The molecule has 0 bridgehead atoms. The van der Waals surface area contributed by atoms with Crippen molar-refractivity contribution in [3.8, 4) is 6.07 Å². The lowest BCUT2D eigenvalue weighted by Crippen LogP contribution is -2.11. The molecule has 0 unspecified atom stereocenters. The minimum Gasteiger partial charge on any atom is -0.364 e. The lowest BCUT2D eigenvalue weighted by atomic mass is 10.1. The van der Waals surface area contributed by atoms with E-state index in [0.717, 1.165) is 34.9 Å². The summed E-state index contributed by atoms with van der Waals surface area (Å²) < 4.78 is 2.07.